The molecule has 0 bridgehead atoms. The zero-order valence-corrected chi connectivity index (χ0v) is 12.5. The first-order chi connectivity index (χ1) is 11.0. The van der Waals surface area contributed by atoms with Crippen LogP contribution < -0.4 is 9.61 Å². The van der Waals surface area contributed by atoms with Gasteiger partial charge in [0.05, 0.1) is 21.2 Å². The first-order valence-electron chi connectivity index (χ1n) is 6.58. The van der Waals surface area contributed by atoms with E-state index in [2.05, 4.69) is 0 Å². The molecule has 1 heterocycles. The highest BCUT2D eigenvalue weighted by Crippen LogP contribution is 2.20. The van der Waals surface area contributed by atoms with Gasteiger partial charge in [0, 0.05) is 6.07 Å². The minimum absolute atomic E-state index is 0.0665. The van der Waals surface area contributed by atoms with Crippen molar-refractivity contribution >= 4 is 33.2 Å². The maximum absolute atomic E-state index is 12.0. The summed E-state index contributed by atoms with van der Waals surface area (Å²) in [6.45, 7) is -0.258. The van der Waals surface area contributed by atoms with Gasteiger partial charge in [-0.1, -0.05) is 29.5 Å². The molecule has 0 aliphatic carbocycles. The summed E-state index contributed by atoms with van der Waals surface area (Å²) in [5.41, 5.74) is 0.479. The van der Waals surface area contributed by atoms with E-state index < -0.39 is 10.9 Å². The van der Waals surface area contributed by atoms with Crippen molar-refractivity contribution in [3.63, 3.8) is 0 Å². The van der Waals surface area contributed by atoms with E-state index in [9.17, 15) is 19.7 Å². The van der Waals surface area contributed by atoms with Gasteiger partial charge in [0.1, 0.15) is 12.3 Å². The molecule has 0 N–H and O–H groups in total. The van der Waals surface area contributed by atoms with Crippen molar-refractivity contribution in [3.8, 4) is 5.75 Å². The van der Waals surface area contributed by atoms with E-state index in [1.165, 1.54) is 22.8 Å². The Morgan fingerprint density at radius 3 is 2.78 bits per heavy atom. The molecule has 3 rings (SSSR count). The van der Waals surface area contributed by atoms with Crippen LogP contribution in [0.5, 0.6) is 5.75 Å². The molecule has 0 aliphatic heterocycles. The molecule has 23 heavy (non-hydrogen) atoms. The molecule has 7 nitrogen and oxygen atoms in total. The Labute approximate surface area is 133 Å². The number of para-hydroxylation sites is 1. The number of benzene rings is 2. The number of hydrogen-bond donors (Lipinski definition) is 0. The molecule has 8 heteroatoms. The molecule has 0 aliphatic rings. The lowest BCUT2D eigenvalue weighted by atomic mass is 10.3. The van der Waals surface area contributed by atoms with Gasteiger partial charge in [0.25, 0.3) is 5.69 Å². The minimum Gasteiger partial charge on any atom is -0.425 e. The maximum Gasteiger partial charge on any atom is 0.331 e. The number of hydrogen-bond acceptors (Lipinski definition) is 6. The van der Waals surface area contributed by atoms with Crippen LogP contribution >= 0.6 is 11.3 Å². The summed E-state index contributed by atoms with van der Waals surface area (Å²) in [6.07, 6.45) is 0. The molecule has 0 unspecified atom stereocenters. The van der Waals surface area contributed by atoms with Crippen molar-refractivity contribution in [1.82, 2.24) is 4.57 Å². The number of thiazole rings is 1. The number of rotatable bonds is 4. The summed E-state index contributed by atoms with van der Waals surface area (Å²) in [7, 11) is 0. The standard InChI is InChI=1S/C15H10N2O5S/c18-14(22-11-5-3-4-10(8-11)17(20)21)9-16-12-6-1-2-7-13(12)23-15(16)19/h1-8H,9H2. The van der Waals surface area contributed by atoms with Crippen molar-refractivity contribution < 1.29 is 14.5 Å². The van der Waals surface area contributed by atoms with Crippen molar-refractivity contribution in [1.29, 1.82) is 0 Å². The number of nitrogens with zero attached hydrogens (tertiary/aromatic N) is 2. The number of esters is 1. The van der Waals surface area contributed by atoms with Crippen LogP contribution in [0.2, 0.25) is 0 Å². The number of fused-ring (bicyclic) bond motifs is 1. The lowest BCUT2D eigenvalue weighted by molar-refractivity contribution is -0.384. The largest absolute Gasteiger partial charge is 0.425 e. The molecule has 0 atom stereocenters. The zero-order valence-electron chi connectivity index (χ0n) is 11.7. The third-order valence-electron chi connectivity index (χ3n) is 3.12. The molecule has 2 aromatic carbocycles. The minimum atomic E-state index is -0.670. The highest BCUT2D eigenvalue weighted by Gasteiger charge is 2.14. The maximum atomic E-state index is 12.0. The lowest BCUT2D eigenvalue weighted by Crippen LogP contribution is -2.22. The van der Waals surface area contributed by atoms with E-state index in [4.69, 9.17) is 4.74 Å². The van der Waals surface area contributed by atoms with Gasteiger partial charge in [-0.25, -0.2) is 4.79 Å². The highest BCUT2D eigenvalue weighted by atomic mass is 32.1. The molecule has 0 saturated heterocycles. The normalized spacial score (nSPS) is 10.6. The summed E-state index contributed by atoms with van der Waals surface area (Å²) in [4.78, 5) is 33.8. The summed E-state index contributed by atoms with van der Waals surface area (Å²) < 4.78 is 7.18. The van der Waals surface area contributed by atoms with E-state index in [0.717, 1.165) is 22.1 Å². The number of non-ortho nitro benzene ring substituents is 1. The predicted molar refractivity (Wildman–Crippen MR) is 84.8 cm³/mol. The average molecular weight is 330 g/mol. The van der Waals surface area contributed by atoms with Crippen LogP contribution in [0, 0.1) is 10.1 Å². The fourth-order valence-corrected chi connectivity index (χ4v) is 3.01. The third kappa shape index (κ3) is 3.11. The van der Waals surface area contributed by atoms with E-state index in [1.807, 2.05) is 6.07 Å². The fourth-order valence-electron chi connectivity index (χ4n) is 2.12. The van der Waals surface area contributed by atoms with Gasteiger partial charge in [-0.15, -0.1) is 0 Å². The van der Waals surface area contributed by atoms with Crippen molar-refractivity contribution in [2.75, 3.05) is 0 Å². The number of ether oxygens (including phenoxy) is 1. The second-order valence-corrected chi connectivity index (χ2v) is 5.64. The molecule has 116 valence electrons. The molecule has 0 saturated carbocycles. The molecule has 0 fully saturated rings. The van der Waals surface area contributed by atoms with Gasteiger partial charge >= 0.3 is 10.8 Å². The quantitative estimate of drug-likeness (QED) is 0.317. The van der Waals surface area contributed by atoms with Crippen LogP contribution in [0.3, 0.4) is 0 Å². The Morgan fingerprint density at radius 1 is 1.22 bits per heavy atom. The average Bonchev–Trinajstić information content (AvgIpc) is 2.83. The first-order valence-corrected chi connectivity index (χ1v) is 7.40. The van der Waals surface area contributed by atoms with Crippen LogP contribution in [0.4, 0.5) is 5.69 Å². The Bertz CT molecular complexity index is 960. The highest BCUT2D eigenvalue weighted by molar-refractivity contribution is 7.16. The Hall–Kier alpha value is -3.00. The fraction of sp³-hybridized carbons (Fsp3) is 0.0667. The summed E-state index contributed by atoms with van der Waals surface area (Å²) in [5, 5.41) is 10.7. The Balaban J connectivity index is 1.82. The van der Waals surface area contributed by atoms with Crippen LogP contribution in [-0.4, -0.2) is 15.5 Å². The zero-order chi connectivity index (χ0) is 16.4. The van der Waals surface area contributed by atoms with Crippen LogP contribution in [0.25, 0.3) is 10.2 Å². The first kappa shape index (κ1) is 14.9. The lowest BCUT2D eigenvalue weighted by Gasteiger charge is -2.05. The van der Waals surface area contributed by atoms with Crippen molar-refractivity contribution in [2.24, 2.45) is 0 Å². The molecule has 0 radical (unpaired) electrons. The van der Waals surface area contributed by atoms with E-state index in [-0.39, 0.29) is 22.9 Å². The monoisotopic (exact) mass is 330 g/mol. The smallest absolute Gasteiger partial charge is 0.331 e. The van der Waals surface area contributed by atoms with Crippen molar-refractivity contribution in [3.05, 3.63) is 68.3 Å². The van der Waals surface area contributed by atoms with E-state index in [1.54, 1.807) is 18.2 Å². The topological polar surface area (TPSA) is 91.4 Å². The van der Waals surface area contributed by atoms with Gasteiger partial charge < -0.3 is 4.74 Å². The van der Waals surface area contributed by atoms with Gasteiger partial charge in [0.2, 0.25) is 0 Å². The summed E-state index contributed by atoms with van der Waals surface area (Å²) >= 11 is 1.04. The molecular weight excluding hydrogens is 320 g/mol. The third-order valence-corrected chi connectivity index (χ3v) is 4.08. The number of aromatic nitrogens is 1. The van der Waals surface area contributed by atoms with E-state index in [0.29, 0.717) is 5.52 Å². The van der Waals surface area contributed by atoms with Gasteiger partial charge in [-0.3, -0.25) is 19.5 Å². The molecule has 3 aromatic rings. The van der Waals surface area contributed by atoms with E-state index >= 15 is 0 Å². The van der Waals surface area contributed by atoms with Crippen molar-refractivity contribution in [2.45, 2.75) is 6.54 Å². The second-order valence-electron chi connectivity index (χ2n) is 4.65. The van der Waals surface area contributed by atoms with Gasteiger partial charge in [-0.2, -0.15) is 0 Å². The molecular formula is C15H10N2O5S. The summed E-state index contributed by atoms with van der Waals surface area (Å²) in [6, 6.07) is 12.4. The summed E-state index contributed by atoms with van der Waals surface area (Å²) in [5.74, 6) is -0.604. The van der Waals surface area contributed by atoms with Gasteiger partial charge in [0.15, 0.2) is 0 Å². The molecule has 0 amide bonds. The Kier molecular flexibility index (Phi) is 3.90. The predicted octanol–water partition coefficient (Wildman–Crippen LogP) is 2.58. The molecule has 1 aromatic heterocycles. The van der Waals surface area contributed by atoms with Crippen LogP contribution in [0.1, 0.15) is 0 Å². The SMILES string of the molecule is O=C(Cn1c(=O)sc2ccccc21)Oc1cccc([N+](=O)[O-])c1. The number of carbonyl (C=O) groups is 1. The van der Waals surface area contributed by atoms with Gasteiger partial charge in [-0.05, 0) is 18.2 Å². The van der Waals surface area contributed by atoms with Crippen LogP contribution in [0.15, 0.2) is 53.3 Å². The number of nitro groups is 1. The molecule has 0 spiro atoms. The Morgan fingerprint density at radius 2 is 2.00 bits per heavy atom. The number of nitro benzene ring substituents is 1. The number of carbonyl (C=O) groups excluding carboxylic acids is 1. The second kappa shape index (κ2) is 6.01. The van der Waals surface area contributed by atoms with Crippen LogP contribution in [-0.2, 0) is 11.3 Å².